The Morgan fingerprint density at radius 3 is 2.84 bits per heavy atom. The molecule has 1 N–H and O–H groups in total. The van der Waals surface area contributed by atoms with Gasteiger partial charge in [-0.2, -0.15) is 0 Å². The van der Waals surface area contributed by atoms with E-state index in [-0.39, 0.29) is 5.82 Å². The summed E-state index contributed by atoms with van der Waals surface area (Å²) >= 11 is 0. The summed E-state index contributed by atoms with van der Waals surface area (Å²) in [7, 11) is 3.64. The zero-order valence-electron chi connectivity index (χ0n) is 11.4. The second-order valence-corrected chi connectivity index (χ2v) is 4.77. The van der Waals surface area contributed by atoms with Gasteiger partial charge in [-0.15, -0.1) is 0 Å². The molecule has 0 unspecified atom stereocenters. The Hall–Kier alpha value is -1.67. The maximum Gasteiger partial charge on any atom is 0.406 e. The normalized spacial score (nSPS) is 16.5. The molecule has 0 atom stereocenters. The minimum atomic E-state index is -0.434. The number of hydrogen-bond acceptors (Lipinski definition) is 6. The van der Waals surface area contributed by atoms with Gasteiger partial charge in [0.25, 0.3) is 0 Å². The van der Waals surface area contributed by atoms with Crippen LogP contribution in [0.25, 0.3) is 0 Å². The molecule has 1 aliphatic heterocycles. The van der Waals surface area contributed by atoms with E-state index in [1.807, 2.05) is 11.9 Å². The molecule has 1 aromatic rings. The molecule has 1 fully saturated rings. The Bertz CT molecular complexity index is 440. The number of piperazine rings is 1. The van der Waals surface area contributed by atoms with Gasteiger partial charge in [0.05, 0.1) is 0 Å². The first kappa shape index (κ1) is 13.8. The van der Waals surface area contributed by atoms with Crippen molar-refractivity contribution < 1.29 is 4.92 Å². The molecule has 1 aliphatic rings. The molecule has 1 saturated heterocycles. The molecule has 2 rings (SSSR count). The minimum absolute atomic E-state index is 0.0784. The molecule has 106 valence electrons. The van der Waals surface area contributed by atoms with Crippen LogP contribution >= 0.6 is 0 Å². The van der Waals surface area contributed by atoms with Crippen LogP contribution in [0.5, 0.6) is 0 Å². The Labute approximate surface area is 112 Å². The number of rotatable bonds is 5. The number of imidazole rings is 1. The number of anilines is 1. The molecule has 19 heavy (non-hydrogen) atoms. The van der Waals surface area contributed by atoms with Crippen LogP contribution in [-0.4, -0.2) is 65.7 Å². The van der Waals surface area contributed by atoms with Crippen LogP contribution in [0.3, 0.4) is 0 Å². The molecule has 0 bridgehead atoms. The fourth-order valence-electron chi connectivity index (χ4n) is 2.31. The number of nitro groups is 1. The molecule has 8 nitrogen and oxygen atoms in total. The number of aryl methyl sites for hydroxylation is 1. The van der Waals surface area contributed by atoms with Crippen molar-refractivity contribution in [2.24, 2.45) is 7.05 Å². The van der Waals surface area contributed by atoms with Crippen LogP contribution < -0.4 is 10.2 Å². The average molecular weight is 268 g/mol. The molecule has 0 radical (unpaired) electrons. The fourth-order valence-corrected chi connectivity index (χ4v) is 2.31. The number of nitrogens with zero attached hydrogens (tertiary/aromatic N) is 5. The molecular formula is C11H20N6O2. The maximum absolute atomic E-state index is 10.9. The van der Waals surface area contributed by atoms with Crippen molar-refractivity contribution in [3.8, 4) is 0 Å². The number of hydrogen-bond donors (Lipinski definition) is 1. The third-order valence-electron chi connectivity index (χ3n) is 3.38. The van der Waals surface area contributed by atoms with Crippen molar-refractivity contribution >= 4 is 11.6 Å². The Balaban J connectivity index is 1.97. The van der Waals surface area contributed by atoms with E-state index in [1.165, 1.54) is 6.33 Å². The zero-order chi connectivity index (χ0) is 13.8. The lowest BCUT2D eigenvalue weighted by atomic mass is 10.3. The van der Waals surface area contributed by atoms with E-state index in [0.29, 0.717) is 5.82 Å². The van der Waals surface area contributed by atoms with Gasteiger partial charge >= 0.3 is 5.82 Å². The Morgan fingerprint density at radius 2 is 2.21 bits per heavy atom. The summed E-state index contributed by atoms with van der Waals surface area (Å²) in [5, 5.41) is 14.2. The lowest BCUT2D eigenvalue weighted by Gasteiger charge is -2.29. The number of nitrogens with one attached hydrogen (secondary N) is 1. The molecular weight excluding hydrogens is 248 g/mol. The van der Waals surface area contributed by atoms with Gasteiger partial charge in [-0.05, 0) is 9.91 Å². The van der Waals surface area contributed by atoms with Crippen LogP contribution in [0.2, 0.25) is 0 Å². The molecule has 0 amide bonds. The molecule has 0 aromatic carbocycles. The average Bonchev–Trinajstić information content (AvgIpc) is 2.79. The van der Waals surface area contributed by atoms with Crippen LogP contribution in [0.1, 0.15) is 0 Å². The van der Waals surface area contributed by atoms with Gasteiger partial charge in [-0.25, -0.2) is 0 Å². The van der Waals surface area contributed by atoms with Crippen LogP contribution in [0, 0.1) is 10.1 Å². The highest BCUT2D eigenvalue weighted by Gasteiger charge is 2.23. The topological polar surface area (TPSA) is 79.5 Å². The third kappa shape index (κ3) is 3.21. The van der Waals surface area contributed by atoms with Crippen LogP contribution in [0.15, 0.2) is 6.33 Å². The van der Waals surface area contributed by atoms with Gasteiger partial charge in [0.1, 0.15) is 0 Å². The van der Waals surface area contributed by atoms with E-state index in [1.54, 1.807) is 11.6 Å². The van der Waals surface area contributed by atoms with Gasteiger partial charge in [0, 0.05) is 53.4 Å². The summed E-state index contributed by atoms with van der Waals surface area (Å²) < 4.78 is 1.69. The number of likely N-dealkylation sites (N-methyl/N-ethyl adjacent to an activating group) is 1. The van der Waals surface area contributed by atoms with E-state index in [0.717, 1.165) is 39.3 Å². The first-order valence-corrected chi connectivity index (χ1v) is 6.39. The molecule has 2 heterocycles. The Morgan fingerprint density at radius 1 is 1.53 bits per heavy atom. The van der Waals surface area contributed by atoms with E-state index < -0.39 is 4.92 Å². The van der Waals surface area contributed by atoms with Crippen molar-refractivity contribution in [3.63, 3.8) is 0 Å². The van der Waals surface area contributed by atoms with Gasteiger partial charge in [-0.1, -0.05) is 0 Å². The van der Waals surface area contributed by atoms with E-state index in [9.17, 15) is 10.1 Å². The fraction of sp³-hybridized carbons (Fsp3) is 0.727. The second-order valence-electron chi connectivity index (χ2n) is 4.77. The predicted molar refractivity (Wildman–Crippen MR) is 72.4 cm³/mol. The number of aromatic nitrogens is 2. The van der Waals surface area contributed by atoms with Gasteiger partial charge in [0.2, 0.25) is 12.1 Å². The summed E-state index contributed by atoms with van der Waals surface area (Å²) in [5.74, 6) is 0.477. The Kier molecular flexibility index (Phi) is 4.33. The molecule has 0 saturated carbocycles. The molecule has 0 spiro atoms. The highest BCUT2D eigenvalue weighted by atomic mass is 16.6. The van der Waals surface area contributed by atoms with Crippen molar-refractivity contribution in [2.75, 3.05) is 51.2 Å². The van der Waals surface area contributed by atoms with E-state index >= 15 is 0 Å². The summed E-state index contributed by atoms with van der Waals surface area (Å²) in [5.41, 5.74) is 0. The van der Waals surface area contributed by atoms with Gasteiger partial charge in [0.15, 0.2) is 0 Å². The maximum atomic E-state index is 10.9. The smallest absolute Gasteiger partial charge is 0.358 e. The third-order valence-corrected chi connectivity index (χ3v) is 3.38. The van der Waals surface area contributed by atoms with Crippen molar-refractivity contribution in [1.29, 1.82) is 0 Å². The summed E-state index contributed by atoms with van der Waals surface area (Å²) in [6.45, 7) is 5.73. The van der Waals surface area contributed by atoms with Crippen molar-refractivity contribution in [1.82, 2.24) is 19.8 Å². The molecule has 8 heteroatoms. The highest BCUT2D eigenvalue weighted by molar-refractivity contribution is 5.53. The van der Waals surface area contributed by atoms with Gasteiger partial charge in [-0.3, -0.25) is 9.47 Å². The monoisotopic (exact) mass is 268 g/mol. The van der Waals surface area contributed by atoms with Gasteiger partial charge < -0.3 is 20.3 Å². The second kappa shape index (κ2) is 5.98. The summed E-state index contributed by atoms with van der Waals surface area (Å²) in [4.78, 5) is 18.6. The molecule has 0 aliphatic carbocycles. The first-order valence-electron chi connectivity index (χ1n) is 6.39. The lowest BCUT2D eigenvalue weighted by Crippen LogP contribution is -2.46. The van der Waals surface area contributed by atoms with Crippen LogP contribution in [0.4, 0.5) is 11.6 Å². The lowest BCUT2D eigenvalue weighted by molar-refractivity contribution is -0.388. The highest BCUT2D eigenvalue weighted by Crippen LogP contribution is 2.24. The quantitative estimate of drug-likeness (QED) is 0.582. The predicted octanol–water partition coefficient (Wildman–Crippen LogP) is -0.330. The summed E-state index contributed by atoms with van der Waals surface area (Å²) in [6, 6.07) is 0. The van der Waals surface area contributed by atoms with E-state index in [4.69, 9.17) is 0 Å². The standard InChI is InChI=1S/C11H20N6O2/c1-14(7-8-16-5-3-12-4-6-16)11-10(17(18)19)13-9-15(11)2/h9,12H,3-8H2,1-2H3. The van der Waals surface area contributed by atoms with Crippen molar-refractivity contribution in [2.45, 2.75) is 0 Å². The zero-order valence-corrected chi connectivity index (χ0v) is 11.4. The SMILES string of the molecule is CN(CCN1CCNCC1)c1c([N+](=O)[O-])ncn1C. The largest absolute Gasteiger partial charge is 0.406 e. The van der Waals surface area contributed by atoms with Crippen molar-refractivity contribution in [3.05, 3.63) is 16.4 Å². The summed E-state index contributed by atoms with van der Waals surface area (Å²) in [6.07, 6.45) is 1.48. The minimum Gasteiger partial charge on any atom is -0.358 e. The molecule has 1 aromatic heterocycles. The first-order chi connectivity index (χ1) is 9.09. The van der Waals surface area contributed by atoms with E-state index in [2.05, 4.69) is 15.2 Å². The van der Waals surface area contributed by atoms with Crippen LogP contribution in [-0.2, 0) is 7.05 Å².